The van der Waals surface area contributed by atoms with Gasteiger partial charge >= 0.3 is 5.97 Å². The van der Waals surface area contributed by atoms with Gasteiger partial charge in [-0.1, -0.05) is 79.5 Å². The molecule has 3 aliphatic rings. The summed E-state index contributed by atoms with van der Waals surface area (Å²) < 4.78 is 12.1. The van der Waals surface area contributed by atoms with E-state index in [0.717, 1.165) is 21.5 Å². The number of β-amino-alcohol motifs (C(OH)–C–C–N with tert-alkyl or cyclic N) is 1. The molecule has 0 aliphatic carbocycles. The minimum absolute atomic E-state index is 0.0258. The first-order valence-corrected chi connectivity index (χ1v) is 26.8. The van der Waals surface area contributed by atoms with Crippen molar-refractivity contribution in [2.45, 2.75) is 168 Å². The van der Waals surface area contributed by atoms with Crippen LogP contribution in [-0.4, -0.2) is 185 Å². The molecular formula is C54H84N8O13. The first-order valence-electron chi connectivity index (χ1n) is 26.8. The molecule has 5 rings (SSSR count). The summed E-state index contributed by atoms with van der Waals surface area (Å²) in [5.74, 6) is -4.85. The van der Waals surface area contributed by atoms with E-state index in [0.29, 0.717) is 56.7 Å². The molecule has 3 fully saturated rings. The maximum absolute atomic E-state index is 14.7. The number of carbonyl (C=O) groups is 8. The van der Waals surface area contributed by atoms with Crippen LogP contribution in [-0.2, 0) is 63.9 Å². The van der Waals surface area contributed by atoms with Gasteiger partial charge in [0.25, 0.3) is 17.7 Å². The number of H-pyrrole nitrogens is 1. The van der Waals surface area contributed by atoms with Gasteiger partial charge in [0.05, 0.1) is 49.2 Å². The van der Waals surface area contributed by atoms with E-state index in [2.05, 4.69) is 15.6 Å². The van der Waals surface area contributed by atoms with Gasteiger partial charge in [-0.25, -0.2) is 9.86 Å². The van der Waals surface area contributed by atoms with Gasteiger partial charge in [-0.3, -0.25) is 43.3 Å². The van der Waals surface area contributed by atoms with Crippen LogP contribution in [0.5, 0.6) is 0 Å². The number of benzene rings is 1. The average molecular weight is 1050 g/mol. The molecule has 3 aliphatic heterocycles. The molecular weight excluding hydrogens is 969 g/mol. The minimum Gasteiger partial charge on any atom is -0.389 e. The number of nitrogens with one attached hydrogen (secondary N) is 3. The fraction of sp³-hybridized carbons (Fsp3) is 0.704. The Balaban J connectivity index is 1.22. The van der Waals surface area contributed by atoms with Crippen molar-refractivity contribution in [3.63, 3.8) is 0 Å². The van der Waals surface area contributed by atoms with Crippen LogP contribution in [0, 0.1) is 23.7 Å². The van der Waals surface area contributed by atoms with Crippen molar-refractivity contribution < 1.29 is 62.6 Å². The second-order valence-electron chi connectivity index (χ2n) is 21.3. The Morgan fingerprint density at radius 1 is 0.907 bits per heavy atom. The number of likely N-dealkylation sites (N-methyl/N-ethyl adjacent to an activating group) is 2. The van der Waals surface area contributed by atoms with E-state index < -0.39 is 84.0 Å². The number of ether oxygens (including phenoxy) is 2. The maximum atomic E-state index is 14.7. The zero-order chi connectivity index (χ0) is 55.3. The minimum atomic E-state index is -1.04. The number of nitrogens with zero attached hydrogens (tertiary/aromatic N) is 5. The second kappa shape index (κ2) is 28.1. The van der Waals surface area contributed by atoms with E-state index in [9.17, 15) is 43.5 Å². The van der Waals surface area contributed by atoms with Gasteiger partial charge in [-0.05, 0) is 68.7 Å². The lowest BCUT2D eigenvalue weighted by Crippen LogP contribution is -2.60. The van der Waals surface area contributed by atoms with Crippen molar-refractivity contribution in [3.05, 3.63) is 36.0 Å². The number of aromatic amines is 1. The van der Waals surface area contributed by atoms with E-state index in [1.54, 1.807) is 23.8 Å². The van der Waals surface area contributed by atoms with Crippen LogP contribution >= 0.6 is 0 Å². The van der Waals surface area contributed by atoms with Gasteiger partial charge in [0.1, 0.15) is 24.8 Å². The third-order valence-corrected chi connectivity index (χ3v) is 15.2. The lowest BCUT2D eigenvalue weighted by Gasteiger charge is -2.41. The van der Waals surface area contributed by atoms with Crippen molar-refractivity contribution in [2.75, 3.05) is 54.6 Å². The van der Waals surface area contributed by atoms with E-state index >= 15 is 0 Å². The quantitative estimate of drug-likeness (QED) is 0.0704. The number of carbonyl (C=O) groups excluding carboxylic acids is 8. The van der Waals surface area contributed by atoms with Crippen LogP contribution in [0.4, 0.5) is 0 Å². The van der Waals surface area contributed by atoms with Crippen molar-refractivity contribution in [2.24, 2.45) is 23.7 Å². The number of hydrogen-bond acceptors (Lipinski definition) is 14. The van der Waals surface area contributed by atoms with Gasteiger partial charge in [0.15, 0.2) is 0 Å². The Kier molecular flexibility index (Phi) is 22.6. The number of aliphatic hydroxyl groups excluding tert-OH is 1. The molecule has 7 amide bonds. The van der Waals surface area contributed by atoms with E-state index in [4.69, 9.17) is 19.1 Å². The Hall–Kier alpha value is -5.48. The molecule has 0 radical (unpaired) electrons. The monoisotopic (exact) mass is 1050 g/mol. The van der Waals surface area contributed by atoms with Crippen molar-refractivity contribution in [3.8, 4) is 0 Å². The van der Waals surface area contributed by atoms with Crippen molar-refractivity contribution in [1.29, 1.82) is 0 Å². The third kappa shape index (κ3) is 15.4. The molecule has 10 atom stereocenters. The van der Waals surface area contributed by atoms with E-state index in [1.165, 1.54) is 14.2 Å². The fourth-order valence-electron chi connectivity index (χ4n) is 10.9. The summed E-state index contributed by atoms with van der Waals surface area (Å²) in [4.78, 5) is 126. The van der Waals surface area contributed by atoms with Crippen LogP contribution in [0.25, 0.3) is 10.9 Å². The lowest BCUT2D eigenvalue weighted by atomic mass is 9.89. The van der Waals surface area contributed by atoms with Gasteiger partial charge < -0.3 is 44.8 Å². The molecule has 9 unspecified atom stereocenters. The lowest BCUT2D eigenvalue weighted by molar-refractivity contribution is -0.197. The summed E-state index contributed by atoms with van der Waals surface area (Å²) in [6, 6.07) is 4.09. The molecule has 418 valence electrons. The van der Waals surface area contributed by atoms with E-state index in [1.807, 2.05) is 84.0 Å². The van der Waals surface area contributed by atoms with Crippen LogP contribution in [0.15, 0.2) is 30.5 Å². The number of unbranched alkanes of at least 4 members (excludes halogenated alkanes) is 2. The summed E-state index contributed by atoms with van der Waals surface area (Å²) in [5.41, 5.74) is 1.70. The zero-order valence-corrected chi connectivity index (χ0v) is 46.0. The number of para-hydroxylation sites is 1. The molecule has 21 heteroatoms. The number of imide groups is 1. The maximum Gasteiger partial charge on any atom is 0.333 e. The van der Waals surface area contributed by atoms with Crippen LogP contribution in [0.1, 0.15) is 118 Å². The summed E-state index contributed by atoms with van der Waals surface area (Å²) in [7, 11) is 6.56. The molecule has 1 aromatic heterocycles. The van der Waals surface area contributed by atoms with Crippen LogP contribution in [0.3, 0.4) is 0 Å². The Morgan fingerprint density at radius 2 is 1.60 bits per heavy atom. The molecule has 4 N–H and O–H groups in total. The molecule has 2 aromatic rings. The highest BCUT2D eigenvalue weighted by Gasteiger charge is 2.44. The van der Waals surface area contributed by atoms with E-state index in [-0.39, 0.29) is 80.7 Å². The highest BCUT2D eigenvalue weighted by atomic mass is 16.7. The second-order valence-corrected chi connectivity index (χ2v) is 21.3. The van der Waals surface area contributed by atoms with Gasteiger partial charge in [0, 0.05) is 70.6 Å². The SMILES string of the molecule is CCC(C)C(C(CC(=O)N1CCC[C@H]1C(OC)C(C)C(=O)NC(Cc1c[nH]c2ccccc12)C(=O)N1CC(O)CO1)OC)N(C)C(=O)C(NC(=O)C(C(C)C)N(C)CCCCCC(=O)ON1C(=O)CCC1=O)C(C)C. The number of hydroxylamine groups is 4. The van der Waals surface area contributed by atoms with Crippen LogP contribution < -0.4 is 10.6 Å². The molecule has 0 bridgehead atoms. The number of rotatable bonds is 28. The largest absolute Gasteiger partial charge is 0.389 e. The number of hydrogen-bond donors (Lipinski definition) is 4. The number of fused-ring (bicyclic) bond motifs is 1. The Bertz CT molecular complexity index is 2270. The molecule has 0 saturated carbocycles. The number of methoxy groups -OCH3 is 2. The van der Waals surface area contributed by atoms with Gasteiger partial charge in [-0.15, -0.1) is 5.06 Å². The third-order valence-electron chi connectivity index (χ3n) is 15.2. The van der Waals surface area contributed by atoms with Gasteiger partial charge in [-0.2, -0.15) is 0 Å². The molecule has 3 saturated heterocycles. The highest BCUT2D eigenvalue weighted by molar-refractivity contribution is 6.01. The number of amides is 7. The van der Waals surface area contributed by atoms with Gasteiger partial charge in [0.2, 0.25) is 23.6 Å². The Labute approximate surface area is 441 Å². The van der Waals surface area contributed by atoms with Crippen molar-refractivity contribution in [1.82, 2.24) is 40.4 Å². The first-order chi connectivity index (χ1) is 35.6. The summed E-state index contributed by atoms with van der Waals surface area (Å²) in [5, 5.41) is 18.7. The fourth-order valence-corrected chi connectivity index (χ4v) is 10.9. The van der Waals surface area contributed by atoms with Crippen molar-refractivity contribution >= 4 is 58.2 Å². The molecule has 4 heterocycles. The van der Waals surface area contributed by atoms with Crippen LogP contribution in [0.2, 0.25) is 0 Å². The number of likely N-dealkylation sites (tertiary alicyclic amines) is 1. The predicted octanol–water partition coefficient (Wildman–Crippen LogP) is 3.52. The predicted molar refractivity (Wildman–Crippen MR) is 277 cm³/mol. The highest BCUT2D eigenvalue weighted by Crippen LogP contribution is 2.31. The standard InChI is InChI=1S/C54H84N8O13/c1-12-34(6)49(59(9)54(71)47(32(2)3)57-52(69)48(33(4)5)58(8)25-17-13-14-22-46(67)75-62-43(64)23-24-44(62)65)42(72-10)28-45(66)60-26-18-21-41(60)50(73-11)35(7)51(68)56-40(53(70)61-30-37(63)31-74-61)27-36-29-55-39-20-16-15-19-38(36)39/h15-16,19-20,29,32-35,37,40-42,47-50,55,63H,12-14,17-18,21-28,30-31H2,1-11H3,(H,56,68)(H,57,69)/t34?,35?,37?,40?,41-,42?,47?,48?,49?,50?/m0/s1. The molecule has 75 heavy (non-hydrogen) atoms. The summed E-state index contributed by atoms with van der Waals surface area (Å²) in [6.45, 7) is 14.2. The summed E-state index contributed by atoms with van der Waals surface area (Å²) >= 11 is 0. The normalized spacial score (nSPS) is 20.3. The summed E-state index contributed by atoms with van der Waals surface area (Å²) in [6.07, 6.45) is 3.28. The first kappa shape index (κ1) is 60.4. The number of aromatic nitrogens is 1. The molecule has 21 nitrogen and oxygen atoms in total. The smallest absolute Gasteiger partial charge is 0.333 e. The number of aliphatic hydroxyl groups is 1. The average Bonchev–Trinajstić information content (AvgIpc) is 4.20. The zero-order valence-electron chi connectivity index (χ0n) is 46.0. The topological polar surface area (TPSA) is 250 Å². The molecule has 1 aromatic carbocycles. The Morgan fingerprint density at radius 3 is 2.21 bits per heavy atom. The molecule has 0 spiro atoms.